The van der Waals surface area contributed by atoms with E-state index in [4.69, 9.17) is 0 Å². The lowest BCUT2D eigenvalue weighted by Gasteiger charge is -1.84. The van der Waals surface area contributed by atoms with E-state index < -0.39 is 0 Å². The molecule has 0 rings (SSSR count). The van der Waals surface area contributed by atoms with Gasteiger partial charge in [0.25, 0.3) is 0 Å². The summed E-state index contributed by atoms with van der Waals surface area (Å²) in [6, 6.07) is 0. The summed E-state index contributed by atoms with van der Waals surface area (Å²) in [4.78, 5) is 0. The van der Waals surface area contributed by atoms with Crippen LogP contribution >= 0.6 is 0 Å². The predicted octanol–water partition coefficient (Wildman–Crippen LogP) is 5.02. The Morgan fingerprint density at radius 1 is 0.667 bits per heavy atom. The largest absolute Gasteiger partial charge is 0.0885 e. The van der Waals surface area contributed by atoms with Gasteiger partial charge in [-0.3, -0.25) is 0 Å². The fraction of sp³-hybridized carbons (Fsp3) is 0.400. The summed E-state index contributed by atoms with van der Waals surface area (Å²) in [5.74, 6) is 0. The Kier molecular flexibility index (Phi) is 12.1. The van der Waals surface area contributed by atoms with Crippen LogP contribution in [0.25, 0.3) is 0 Å². The second-order valence-electron chi connectivity index (χ2n) is 3.29. The molecule has 0 aliphatic carbocycles. The molecule has 0 aromatic carbocycles. The SMILES string of the molecule is [CH2]C/C=C/C/C=C/C/C=C/C/C=C/CC. The van der Waals surface area contributed by atoms with Crippen LogP contribution in [-0.4, -0.2) is 0 Å². The fourth-order valence-corrected chi connectivity index (χ4v) is 1.10. The van der Waals surface area contributed by atoms with Crippen molar-refractivity contribution >= 4 is 0 Å². The smallest absolute Gasteiger partial charge is 0.0169 e. The summed E-state index contributed by atoms with van der Waals surface area (Å²) in [7, 11) is 0. The topological polar surface area (TPSA) is 0 Å². The van der Waals surface area contributed by atoms with E-state index in [2.05, 4.69) is 62.5 Å². The fourth-order valence-electron chi connectivity index (χ4n) is 1.10. The molecule has 83 valence electrons. The molecular formula is C15H23. The van der Waals surface area contributed by atoms with Crippen molar-refractivity contribution in [3.8, 4) is 0 Å². The molecule has 0 atom stereocenters. The molecule has 0 N–H and O–H groups in total. The van der Waals surface area contributed by atoms with Gasteiger partial charge in [-0.25, -0.2) is 0 Å². The van der Waals surface area contributed by atoms with Crippen molar-refractivity contribution in [1.29, 1.82) is 0 Å². The van der Waals surface area contributed by atoms with Gasteiger partial charge in [0.1, 0.15) is 0 Å². The molecule has 0 amide bonds. The molecule has 0 spiro atoms. The zero-order valence-corrected chi connectivity index (χ0v) is 9.86. The van der Waals surface area contributed by atoms with E-state index in [1.54, 1.807) is 0 Å². The van der Waals surface area contributed by atoms with Crippen LogP contribution in [0.15, 0.2) is 48.6 Å². The highest BCUT2D eigenvalue weighted by molar-refractivity contribution is 4.99. The lowest BCUT2D eigenvalue weighted by atomic mass is 10.2. The van der Waals surface area contributed by atoms with Crippen LogP contribution in [0.4, 0.5) is 0 Å². The molecule has 0 aliphatic heterocycles. The third kappa shape index (κ3) is 13.0. The lowest BCUT2D eigenvalue weighted by molar-refractivity contribution is 1.19. The van der Waals surface area contributed by atoms with E-state index in [-0.39, 0.29) is 0 Å². The number of rotatable bonds is 8. The van der Waals surface area contributed by atoms with Gasteiger partial charge in [0.2, 0.25) is 0 Å². The van der Waals surface area contributed by atoms with Crippen LogP contribution in [0, 0.1) is 6.92 Å². The zero-order valence-electron chi connectivity index (χ0n) is 9.86. The summed E-state index contributed by atoms with van der Waals surface area (Å²) in [5.41, 5.74) is 0. The summed E-state index contributed by atoms with van der Waals surface area (Å²) in [6.45, 7) is 5.89. The zero-order chi connectivity index (χ0) is 11.2. The Bertz CT molecular complexity index is 192. The van der Waals surface area contributed by atoms with Gasteiger partial charge in [-0.2, -0.15) is 0 Å². The highest BCUT2D eigenvalue weighted by atomic mass is 13.8. The Balaban J connectivity index is 3.36. The monoisotopic (exact) mass is 203 g/mol. The van der Waals surface area contributed by atoms with Crippen molar-refractivity contribution in [1.82, 2.24) is 0 Å². The number of allylic oxidation sites excluding steroid dienone is 8. The molecule has 0 fully saturated rings. The van der Waals surface area contributed by atoms with Crippen molar-refractivity contribution in [2.45, 2.75) is 39.0 Å². The molecule has 0 saturated carbocycles. The van der Waals surface area contributed by atoms with Crippen LogP contribution in [0.1, 0.15) is 39.0 Å². The molecule has 0 aromatic heterocycles. The van der Waals surface area contributed by atoms with Gasteiger partial charge in [0, 0.05) is 0 Å². The lowest BCUT2D eigenvalue weighted by Crippen LogP contribution is -1.63. The normalized spacial score (nSPS) is 12.9. The second kappa shape index (κ2) is 13.0. The van der Waals surface area contributed by atoms with Crippen LogP contribution in [0.5, 0.6) is 0 Å². The Morgan fingerprint density at radius 3 is 1.47 bits per heavy atom. The highest BCUT2D eigenvalue weighted by Crippen LogP contribution is 1.94. The molecule has 0 aromatic rings. The van der Waals surface area contributed by atoms with Gasteiger partial charge in [0.15, 0.2) is 0 Å². The standard InChI is InChI=1S/C15H23/c1-3-5-7-9-11-13-15-14-12-10-8-6-4-2/h5-8,11-14H,1,3-4,9-10,15H2,2H3/b7-5+,8-6+,13-11+,14-12+. The molecule has 0 heteroatoms. The van der Waals surface area contributed by atoms with E-state index in [9.17, 15) is 0 Å². The van der Waals surface area contributed by atoms with Crippen molar-refractivity contribution in [2.24, 2.45) is 0 Å². The van der Waals surface area contributed by atoms with Gasteiger partial charge in [-0.15, -0.1) is 0 Å². The quantitative estimate of drug-likeness (QED) is 0.486. The first-order chi connectivity index (χ1) is 7.41. The third-order valence-corrected chi connectivity index (χ3v) is 1.89. The molecule has 0 saturated heterocycles. The number of hydrogen-bond acceptors (Lipinski definition) is 0. The first kappa shape index (κ1) is 14.0. The number of hydrogen-bond donors (Lipinski definition) is 0. The molecule has 0 bridgehead atoms. The molecule has 0 aliphatic rings. The van der Waals surface area contributed by atoms with Crippen LogP contribution in [0.3, 0.4) is 0 Å². The maximum Gasteiger partial charge on any atom is -0.0169 e. The van der Waals surface area contributed by atoms with Gasteiger partial charge in [0.05, 0.1) is 0 Å². The first-order valence-electron chi connectivity index (χ1n) is 5.81. The molecular weight excluding hydrogens is 180 g/mol. The first-order valence-corrected chi connectivity index (χ1v) is 5.81. The van der Waals surface area contributed by atoms with Crippen LogP contribution < -0.4 is 0 Å². The minimum absolute atomic E-state index is 0.886. The molecule has 0 heterocycles. The second-order valence-corrected chi connectivity index (χ2v) is 3.29. The van der Waals surface area contributed by atoms with Crippen LogP contribution in [0.2, 0.25) is 0 Å². The highest BCUT2D eigenvalue weighted by Gasteiger charge is 1.73. The van der Waals surface area contributed by atoms with Gasteiger partial charge in [-0.1, -0.05) is 55.5 Å². The average Bonchev–Trinajstić information content (AvgIpc) is 2.26. The third-order valence-electron chi connectivity index (χ3n) is 1.89. The molecule has 0 unspecified atom stereocenters. The Hall–Kier alpha value is -1.04. The predicted molar refractivity (Wildman–Crippen MR) is 70.7 cm³/mol. The molecule has 15 heavy (non-hydrogen) atoms. The maximum atomic E-state index is 3.74. The van der Waals surface area contributed by atoms with Gasteiger partial charge >= 0.3 is 0 Å². The van der Waals surface area contributed by atoms with Crippen molar-refractivity contribution in [3.63, 3.8) is 0 Å². The van der Waals surface area contributed by atoms with Gasteiger partial charge < -0.3 is 0 Å². The van der Waals surface area contributed by atoms with E-state index in [1.165, 1.54) is 0 Å². The Labute approximate surface area is 95.1 Å². The summed E-state index contributed by atoms with van der Waals surface area (Å²) < 4.78 is 0. The Morgan fingerprint density at radius 2 is 1.07 bits per heavy atom. The van der Waals surface area contributed by atoms with E-state index in [1.807, 2.05) is 0 Å². The van der Waals surface area contributed by atoms with Crippen LogP contribution in [-0.2, 0) is 0 Å². The summed E-state index contributed by atoms with van der Waals surface area (Å²) in [5, 5.41) is 0. The van der Waals surface area contributed by atoms with Crippen molar-refractivity contribution < 1.29 is 0 Å². The summed E-state index contributed by atoms with van der Waals surface area (Å²) >= 11 is 0. The van der Waals surface area contributed by atoms with E-state index in [0.29, 0.717) is 0 Å². The van der Waals surface area contributed by atoms with E-state index >= 15 is 0 Å². The van der Waals surface area contributed by atoms with Gasteiger partial charge in [-0.05, 0) is 39.0 Å². The minimum atomic E-state index is 0.886. The molecule has 0 nitrogen and oxygen atoms in total. The van der Waals surface area contributed by atoms with Crippen molar-refractivity contribution in [3.05, 3.63) is 55.5 Å². The average molecular weight is 203 g/mol. The minimum Gasteiger partial charge on any atom is -0.0885 e. The molecule has 1 radical (unpaired) electrons. The summed E-state index contributed by atoms with van der Waals surface area (Å²) in [6.07, 6.45) is 22.6. The van der Waals surface area contributed by atoms with Crippen molar-refractivity contribution in [2.75, 3.05) is 0 Å². The van der Waals surface area contributed by atoms with E-state index in [0.717, 1.165) is 32.1 Å². The maximum absolute atomic E-state index is 3.74.